The molecule has 0 aliphatic heterocycles. The van der Waals surface area contributed by atoms with Gasteiger partial charge < -0.3 is 4.74 Å². The first-order valence-corrected chi connectivity index (χ1v) is 10.4. The van der Waals surface area contributed by atoms with Gasteiger partial charge >= 0.3 is 0 Å². The van der Waals surface area contributed by atoms with E-state index in [4.69, 9.17) is 4.74 Å². The van der Waals surface area contributed by atoms with E-state index in [2.05, 4.69) is 15.3 Å². The van der Waals surface area contributed by atoms with E-state index in [1.54, 1.807) is 18.9 Å². The van der Waals surface area contributed by atoms with Gasteiger partial charge in [-0.05, 0) is 31.0 Å². The first-order valence-electron chi connectivity index (χ1n) is 8.80. The maximum absolute atomic E-state index is 12.8. The number of methoxy groups -OCH3 is 1. The lowest BCUT2D eigenvalue weighted by Crippen LogP contribution is -2.32. The zero-order valence-corrected chi connectivity index (χ0v) is 18.0. The molecule has 148 valence electrons. The monoisotopic (exact) mass is 418 g/mol. The van der Waals surface area contributed by atoms with Crippen LogP contribution in [0.2, 0.25) is 0 Å². The van der Waals surface area contributed by atoms with Crippen molar-refractivity contribution in [2.75, 3.05) is 23.9 Å². The molecule has 2 aromatic heterocycles. The molecule has 3 aromatic rings. The number of anilines is 2. The Morgan fingerprint density at radius 3 is 2.64 bits per heavy atom. The van der Waals surface area contributed by atoms with Crippen LogP contribution in [-0.2, 0) is 4.79 Å². The number of rotatable bonds is 6. The fourth-order valence-electron chi connectivity index (χ4n) is 2.65. The second-order valence-corrected chi connectivity index (χ2v) is 8.75. The molecule has 0 unspecified atom stereocenters. The Bertz CT molecular complexity index is 1030. The summed E-state index contributed by atoms with van der Waals surface area (Å²) in [4.78, 5) is 35.7. The number of nitrogens with one attached hydrogen (secondary N) is 1. The van der Waals surface area contributed by atoms with Crippen LogP contribution in [0.15, 0.2) is 18.2 Å². The largest absolute Gasteiger partial charge is 0.497 e. The van der Waals surface area contributed by atoms with E-state index >= 15 is 0 Å². The van der Waals surface area contributed by atoms with Gasteiger partial charge in [-0.25, -0.2) is 9.97 Å². The molecule has 0 aliphatic carbocycles. The molecule has 0 saturated carbocycles. The molecule has 1 N–H and O–H groups in total. The number of carbonyl (C=O) groups is 2. The third-order valence-corrected chi connectivity index (χ3v) is 6.08. The second kappa shape index (κ2) is 8.24. The number of hydrogen-bond donors (Lipinski definition) is 1. The summed E-state index contributed by atoms with van der Waals surface area (Å²) in [5.41, 5.74) is 1.39. The van der Waals surface area contributed by atoms with Crippen LogP contribution in [0.1, 0.15) is 36.1 Å². The summed E-state index contributed by atoms with van der Waals surface area (Å²) in [6, 6.07) is 5.57. The van der Waals surface area contributed by atoms with Gasteiger partial charge in [0.1, 0.15) is 10.6 Å². The summed E-state index contributed by atoms with van der Waals surface area (Å²) in [6.45, 7) is 7.90. The molecule has 0 radical (unpaired) electrons. The average molecular weight is 419 g/mol. The van der Waals surface area contributed by atoms with Crippen molar-refractivity contribution >= 4 is 55.0 Å². The average Bonchev–Trinajstić information content (AvgIpc) is 3.21. The molecule has 1 aromatic carbocycles. The minimum Gasteiger partial charge on any atom is -0.497 e. The van der Waals surface area contributed by atoms with Crippen molar-refractivity contribution in [3.05, 3.63) is 28.8 Å². The van der Waals surface area contributed by atoms with Crippen molar-refractivity contribution in [1.82, 2.24) is 9.97 Å². The van der Waals surface area contributed by atoms with Gasteiger partial charge in [0.05, 0.1) is 23.0 Å². The van der Waals surface area contributed by atoms with E-state index in [9.17, 15) is 9.59 Å². The molecule has 0 aliphatic rings. The minimum atomic E-state index is -0.277. The van der Waals surface area contributed by atoms with Crippen molar-refractivity contribution in [1.29, 1.82) is 0 Å². The van der Waals surface area contributed by atoms with E-state index in [0.717, 1.165) is 16.0 Å². The smallest absolute Gasteiger partial charge is 0.269 e. The van der Waals surface area contributed by atoms with Gasteiger partial charge in [-0.2, -0.15) is 0 Å². The number of fused-ring (bicyclic) bond motifs is 1. The van der Waals surface area contributed by atoms with Crippen LogP contribution in [0, 0.1) is 12.8 Å². The first kappa shape index (κ1) is 20.2. The normalized spacial score (nSPS) is 11.1. The van der Waals surface area contributed by atoms with Gasteiger partial charge in [-0.15, -0.1) is 0 Å². The molecule has 28 heavy (non-hydrogen) atoms. The van der Waals surface area contributed by atoms with Crippen LogP contribution in [0.4, 0.5) is 10.3 Å². The van der Waals surface area contributed by atoms with Gasteiger partial charge in [-0.1, -0.05) is 36.5 Å². The molecule has 0 atom stereocenters. The Balaban J connectivity index is 1.83. The standard InChI is InChI=1S/C19H22N4O3S2/c1-10(2)9-23(12(4)24)19-20-11(3)16(28-19)17(25)22-18-21-14-7-6-13(26-5)8-15(14)27-18/h6-8,10H,9H2,1-5H3,(H,21,22,25). The maximum atomic E-state index is 12.8. The highest BCUT2D eigenvalue weighted by Gasteiger charge is 2.22. The third-order valence-electron chi connectivity index (χ3n) is 3.97. The Hall–Kier alpha value is -2.52. The lowest BCUT2D eigenvalue weighted by Gasteiger charge is -2.19. The van der Waals surface area contributed by atoms with Crippen LogP contribution in [0.25, 0.3) is 10.2 Å². The minimum absolute atomic E-state index is 0.0884. The second-order valence-electron chi connectivity index (χ2n) is 6.74. The maximum Gasteiger partial charge on any atom is 0.269 e. The SMILES string of the molecule is COc1ccc2nc(NC(=O)c3sc(N(CC(C)C)C(C)=O)nc3C)sc2c1. The zero-order chi connectivity index (χ0) is 20.4. The van der Waals surface area contributed by atoms with Gasteiger partial charge in [0.2, 0.25) is 5.91 Å². The van der Waals surface area contributed by atoms with Crippen LogP contribution in [0.5, 0.6) is 5.75 Å². The number of hydrogen-bond acceptors (Lipinski definition) is 7. The van der Waals surface area contributed by atoms with E-state index in [1.165, 1.54) is 29.6 Å². The van der Waals surface area contributed by atoms with E-state index in [0.29, 0.717) is 33.3 Å². The molecular formula is C19H22N4O3S2. The lowest BCUT2D eigenvalue weighted by atomic mass is 10.2. The van der Waals surface area contributed by atoms with E-state index in [-0.39, 0.29) is 11.8 Å². The summed E-state index contributed by atoms with van der Waals surface area (Å²) in [7, 11) is 1.61. The van der Waals surface area contributed by atoms with Crippen LogP contribution in [0.3, 0.4) is 0 Å². The third kappa shape index (κ3) is 4.31. The summed E-state index contributed by atoms with van der Waals surface area (Å²) in [5, 5.41) is 3.89. The molecular weight excluding hydrogens is 396 g/mol. The molecule has 0 fully saturated rings. The number of ether oxygens (including phenoxy) is 1. The summed E-state index contributed by atoms with van der Waals surface area (Å²) in [6.07, 6.45) is 0. The van der Waals surface area contributed by atoms with Crippen molar-refractivity contribution < 1.29 is 14.3 Å². The number of carbonyl (C=O) groups excluding carboxylic acids is 2. The van der Waals surface area contributed by atoms with Crippen LogP contribution < -0.4 is 15.0 Å². The molecule has 2 amide bonds. The molecule has 0 spiro atoms. The number of aromatic nitrogens is 2. The number of benzene rings is 1. The number of thiazole rings is 2. The lowest BCUT2D eigenvalue weighted by molar-refractivity contribution is -0.116. The van der Waals surface area contributed by atoms with Gasteiger partial charge in [-0.3, -0.25) is 19.8 Å². The van der Waals surface area contributed by atoms with Gasteiger partial charge in [0.15, 0.2) is 10.3 Å². The number of amides is 2. The number of nitrogens with zero attached hydrogens (tertiary/aromatic N) is 3. The molecule has 2 heterocycles. The molecule has 7 nitrogen and oxygen atoms in total. The van der Waals surface area contributed by atoms with Crippen LogP contribution in [-0.4, -0.2) is 35.4 Å². The molecule has 0 bridgehead atoms. The first-order chi connectivity index (χ1) is 13.3. The molecule has 9 heteroatoms. The van der Waals surface area contributed by atoms with E-state index < -0.39 is 0 Å². The molecule has 0 saturated heterocycles. The highest BCUT2D eigenvalue weighted by Crippen LogP contribution is 2.31. The highest BCUT2D eigenvalue weighted by atomic mass is 32.1. The molecule has 3 rings (SSSR count). The quantitative estimate of drug-likeness (QED) is 0.644. The fraction of sp³-hybridized carbons (Fsp3) is 0.368. The summed E-state index contributed by atoms with van der Waals surface area (Å²) < 4.78 is 6.15. The van der Waals surface area contributed by atoms with Crippen LogP contribution >= 0.6 is 22.7 Å². The Kier molecular flexibility index (Phi) is 5.95. The van der Waals surface area contributed by atoms with Crippen molar-refractivity contribution in [3.8, 4) is 5.75 Å². The highest BCUT2D eigenvalue weighted by molar-refractivity contribution is 7.22. The van der Waals surface area contributed by atoms with Gasteiger partial charge in [0, 0.05) is 13.5 Å². The zero-order valence-electron chi connectivity index (χ0n) is 16.4. The van der Waals surface area contributed by atoms with Gasteiger partial charge in [0.25, 0.3) is 5.91 Å². The van der Waals surface area contributed by atoms with Crippen molar-refractivity contribution in [3.63, 3.8) is 0 Å². The van der Waals surface area contributed by atoms with E-state index in [1.807, 2.05) is 32.0 Å². The Morgan fingerprint density at radius 2 is 2.00 bits per heavy atom. The Labute approximate surface area is 171 Å². The predicted octanol–water partition coefficient (Wildman–Crippen LogP) is 4.33. The summed E-state index contributed by atoms with van der Waals surface area (Å²) >= 11 is 2.60. The number of aryl methyl sites for hydroxylation is 1. The topological polar surface area (TPSA) is 84.4 Å². The van der Waals surface area contributed by atoms with Crippen molar-refractivity contribution in [2.45, 2.75) is 27.7 Å². The fourth-order valence-corrected chi connectivity index (χ4v) is 4.56. The Morgan fingerprint density at radius 1 is 1.25 bits per heavy atom. The van der Waals surface area contributed by atoms with Crippen molar-refractivity contribution in [2.24, 2.45) is 5.92 Å². The predicted molar refractivity (Wildman–Crippen MR) is 114 cm³/mol. The summed E-state index contributed by atoms with van der Waals surface area (Å²) in [5.74, 6) is 0.673.